The predicted molar refractivity (Wildman–Crippen MR) is 60.4 cm³/mol. The lowest BCUT2D eigenvalue weighted by atomic mass is 9.94. The highest BCUT2D eigenvalue weighted by Crippen LogP contribution is 2.28. The molecule has 0 aromatic heterocycles. The van der Waals surface area contributed by atoms with Crippen molar-refractivity contribution in [2.45, 2.75) is 19.3 Å². The molecule has 0 saturated carbocycles. The summed E-state index contributed by atoms with van der Waals surface area (Å²) in [7, 11) is 0. The fourth-order valence-corrected chi connectivity index (χ4v) is 2.23. The summed E-state index contributed by atoms with van der Waals surface area (Å²) in [6.07, 6.45) is 3.04. The highest BCUT2D eigenvalue weighted by atomic mass is 19.1. The van der Waals surface area contributed by atoms with Gasteiger partial charge in [0.25, 0.3) is 0 Å². The zero-order valence-corrected chi connectivity index (χ0v) is 8.80. The van der Waals surface area contributed by atoms with Crippen molar-refractivity contribution in [1.29, 1.82) is 0 Å². The maximum Gasteiger partial charge on any atom is 0.146 e. The van der Waals surface area contributed by atoms with Crippen LogP contribution in [-0.2, 0) is 6.42 Å². The van der Waals surface area contributed by atoms with E-state index in [1.165, 1.54) is 6.07 Å². The third-order valence-electron chi connectivity index (χ3n) is 3.04. The average molecular weight is 208 g/mol. The molecule has 2 nitrogen and oxygen atoms in total. The van der Waals surface area contributed by atoms with Crippen molar-refractivity contribution >= 4 is 5.69 Å². The summed E-state index contributed by atoms with van der Waals surface area (Å²) in [4.78, 5) is 0. The van der Waals surface area contributed by atoms with E-state index in [1.54, 1.807) is 6.07 Å². The quantitative estimate of drug-likeness (QED) is 0.781. The second-order valence-corrected chi connectivity index (χ2v) is 4.14. The summed E-state index contributed by atoms with van der Waals surface area (Å²) in [5.41, 5.74) is 7.35. The molecule has 0 bridgehead atoms. The molecule has 1 unspecified atom stereocenters. The number of rotatable bonds is 2. The van der Waals surface area contributed by atoms with Crippen LogP contribution in [0.3, 0.4) is 0 Å². The van der Waals surface area contributed by atoms with Crippen LogP contribution >= 0.6 is 0 Å². The first-order valence-corrected chi connectivity index (χ1v) is 5.52. The van der Waals surface area contributed by atoms with Gasteiger partial charge in [-0.1, -0.05) is 12.1 Å². The molecule has 3 heteroatoms. The van der Waals surface area contributed by atoms with Crippen LogP contribution < -0.4 is 11.1 Å². The van der Waals surface area contributed by atoms with Crippen molar-refractivity contribution in [3.63, 3.8) is 0 Å². The standard InChI is InChI=1S/C12H17FN2/c13-11-3-1-2-10-8-9(4-6-14)5-7-15-12(10)11/h1-3,9,15H,4-8,14H2. The lowest BCUT2D eigenvalue weighted by Gasteiger charge is -2.12. The van der Waals surface area contributed by atoms with Crippen LogP contribution in [0.15, 0.2) is 18.2 Å². The van der Waals surface area contributed by atoms with Gasteiger partial charge >= 0.3 is 0 Å². The first kappa shape index (κ1) is 10.4. The molecule has 0 radical (unpaired) electrons. The second kappa shape index (κ2) is 4.62. The Kier molecular flexibility index (Phi) is 3.21. The van der Waals surface area contributed by atoms with Crippen LogP contribution in [0.5, 0.6) is 0 Å². The third kappa shape index (κ3) is 2.29. The topological polar surface area (TPSA) is 38.0 Å². The fraction of sp³-hybridized carbons (Fsp3) is 0.500. The molecule has 1 aliphatic rings. The van der Waals surface area contributed by atoms with Gasteiger partial charge < -0.3 is 11.1 Å². The number of halogens is 1. The van der Waals surface area contributed by atoms with Crippen molar-refractivity contribution in [3.05, 3.63) is 29.6 Å². The van der Waals surface area contributed by atoms with Gasteiger partial charge in [-0.3, -0.25) is 0 Å². The number of hydrogen-bond donors (Lipinski definition) is 2. The second-order valence-electron chi connectivity index (χ2n) is 4.14. The molecule has 0 aliphatic carbocycles. The fourth-order valence-electron chi connectivity index (χ4n) is 2.23. The van der Waals surface area contributed by atoms with Crippen LogP contribution in [0.25, 0.3) is 0 Å². The molecule has 1 heterocycles. The van der Waals surface area contributed by atoms with Gasteiger partial charge in [-0.2, -0.15) is 0 Å². The lowest BCUT2D eigenvalue weighted by molar-refractivity contribution is 0.473. The van der Waals surface area contributed by atoms with E-state index in [4.69, 9.17) is 5.73 Å². The summed E-state index contributed by atoms with van der Waals surface area (Å²) in [6.45, 7) is 1.56. The number of para-hydroxylation sites is 1. The largest absolute Gasteiger partial charge is 0.382 e. The van der Waals surface area contributed by atoms with E-state index < -0.39 is 0 Å². The highest BCUT2D eigenvalue weighted by molar-refractivity contribution is 5.53. The maximum atomic E-state index is 13.5. The minimum atomic E-state index is -0.138. The summed E-state index contributed by atoms with van der Waals surface area (Å²) in [5.74, 6) is 0.450. The van der Waals surface area contributed by atoms with E-state index in [9.17, 15) is 4.39 Å². The van der Waals surface area contributed by atoms with Gasteiger partial charge in [-0.15, -0.1) is 0 Å². The van der Waals surface area contributed by atoms with Crippen molar-refractivity contribution < 1.29 is 4.39 Å². The Morgan fingerprint density at radius 1 is 1.47 bits per heavy atom. The molecule has 1 atom stereocenters. The molecule has 1 aromatic carbocycles. The first-order valence-electron chi connectivity index (χ1n) is 5.52. The van der Waals surface area contributed by atoms with Crippen molar-refractivity contribution in [3.8, 4) is 0 Å². The molecule has 1 aliphatic heterocycles. The Hall–Kier alpha value is -1.09. The number of fused-ring (bicyclic) bond motifs is 1. The Balaban J connectivity index is 2.22. The summed E-state index contributed by atoms with van der Waals surface area (Å²) < 4.78 is 13.5. The van der Waals surface area contributed by atoms with E-state index in [1.807, 2.05) is 6.07 Å². The Morgan fingerprint density at radius 2 is 2.33 bits per heavy atom. The van der Waals surface area contributed by atoms with Crippen molar-refractivity contribution in [1.82, 2.24) is 0 Å². The first-order chi connectivity index (χ1) is 7.31. The van der Waals surface area contributed by atoms with Gasteiger partial charge in [0.2, 0.25) is 0 Å². The molecule has 15 heavy (non-hydrogen) atoms. The number of benzene rings is 1. The van der Waals surface area contributed by atoms with Gasteiger partial charge in [0.1, 0.15) is 5.82 Å². The van der Waals surface area contributed by atoms with E-state index in [2.05, 4.69) is 5.32 Å². The van der Waals surface area contributed by atoms with Gasteiger partial charge in [0.15, 0.2) is 0 Å². The van der Waals surface area contributed by atoms with E-state index in [0.717, 1.165) is 37.9 Å². The zero-order valence-electron chi connectivity index (χ0n) is 8.80. The third-order valence-corrected chi connectivity index (χ3v) is 3.04. The lowest BCUT2D eigenvalue weighted by Crippen LogP contribution is -2.12. The van der Waals surface area contributed by atoms with Gasteiger partial charge in [-0.25, -0.2) is 4.39 Å². The molecule has 0 fully saturated rings. The zero-order chi connectivity index (χ0) is 10.7. The molecular weight excluding hydrogens is 191 g/mol. The summed E-state index contributed by atoms with van der Waals surface area (Å²) >= 11 is 0. The SMILES string of the molecule is NCCC1CCNc2c(F)cccc2C1. The number of hydrogen-bond acceptors (Lipinski definition) is 2. The van der Waals surface area contributed by atoms with Gasteiger partial charge in [0.05, 0.1) is 5.69 Å². The monoisotopic (exact) mass is 208 g/mol. The Bertz CT molecular complexity index is 338. The van der Waals surface area contributed by atoms with Crippen LogP contribution in [0.2, 0.25) is 0 Å². The van der Waals surface area contributed by atoms with Crippen LogP contribution in [0.4, 0.5) is 10.1 Å². The number of nitrogens with one attached hydrogen (secondary N) is 1. The summed E-state index contributed by atoms with van der Waals surface area (Å²) in [5, 5.41) is 3.17. The average Bonchev–Trinajstić information content (AvgIpc) is 2.41. The molecule has 0 spiro atoms. The molecule has 3 N–H and O–H groups in total. The smallest absolute Gasteiger partial charge is 0.146 e. The van der Waals surface area contributed by atoms with Gasteiger partial charge in [0, 0.05) is 6.54 Å². The van der Waals surface area contributed by atoms with E-state index in [0.29, 0.717) is 11.6 Å². The molecule has 0 amide bonds. The van der Waals surface area contributed by atoms with Crippen molar-refractivity contribution in [2.24, 2.45) is 11.7 Å². The minimum Gasteiger partial charge on any atom is -0.382 e. The van der Waals surface area contributed by atoms with E-state index in [-0.39, 0.29) is 5.82 Å². The van der Waals surface area contributed by atoms with Crippen LogP contribution in [-0.4, -0.2) is 13.1 Å². The van der Waals surface area contributed by atoms with Crippen LogP contribution in [0.1, 0.15) is 18.4 Å². The predicted octanol–water partition coefficient (Wildman–Crippen LogP) is 2.15. The molecule has 1 aromatic rings. The normalized spacial score (nSPS) is 20.3. The number of anilines is 1. The minimum absolute atomic E-state index is 0.138. The number of nitrogens with two attached hydrogens (primary N) is 1. The molecule has 0 saturated heterocycles. The van der Waals surface area contributed by atoms with E-state index >= 15 is 0 Å². The summed E-state index contributed by atoms with van der Waals surface area (Å²) in [6, 6.07) is 5.29. The Labute approximate surface area is 89.7 Å². The maximum absolute atomic E-state index is 13.5. The van der Waals surface area contributed by atoms with Crippen LogP contribution in [0, 0.1) is 11.7 Å². The van der Waals surface area contributed by atoms with Crippen molar-refractivity contribution in [2.75, 3.05) is 18.4 Å². The molecule has 2 rings (SSSR count). The molecular formula is C12H17FN2. The Morgan fingerprint density at radius 3 is 3.13 bits per heavy atom. The van der Waals surface area contributed by atoms with Gasteiger partial charge in [-0.05, 0) is 43.4 Å². The molecule has 82 valence electrons. The highest BCUT2D eigenvalue weighted by Gasteiger charge is 2.17.